The van der Waals surface area contributed by atoms with Crippen LogP contribution in [0.4, 0.5) is 0 Å². The highest BCUT2D eigenvalue weighted by molar-refractivity contribution is 5.83. The van der Waals surface area contributed by atoms with Crippen LogP contribution in [0.1, 0.15) is 31.2 Å². The maximum Gasteiger partial charge on any atom is 0.326 e. The number of carboxylic acid groups (broad SMARTS) is 1. The van der Waals surface area contributed by atoms with Gasteiger partial charge in [0.2, 0.25) is 5.91 Å². The first-order chi connectivity index (χ1) is 11.0. The van der Waals surface area contributed by atoms with Crippen LogP contribution < -0.4 is 14.8 Å². The number of amides is 1. The Morgan fingerprint density at radius 2 is 1.96 bits per heavy atom. The van der Waals surface area contributed by atoms with Crippen molar-refractivity contribution in [3.63, 3.8) is 0 Å². The lowest BCUT2D eigenvalue weighted by Gasteiger charge is -2.14. The van der Waals surface area contributed by atoms with Crippen molar-refractivity contribution in [1.29, 1.82) is 0 Å². The lowest BCUT2D eigenvalue weighted by atomic mass is 10.1. The van der Waals surface area contributed by atoms with Crippen LogP contribution in [-0.2, 0) is 16.0 Å². The van der Waals surface area contributed by atoms with Gasteiger partial charge in [-0.15, -0.1) is 0 Å². The van der Waals surface area contributed by atoms with Crippen molar-refractivity contribution in [2.45, 2.75) is 38.1 Å². The number of aliphatic carboxylic acids is 1. The molecule has 1 aromatic carbocycles. The van der Waals surface area contributed by atoms with Gasteiger partial charge in [-0.1, -0.05) is 18.9 Å². The summed E-state index contributed by atoms with van der Waals surface area (Å²) in [5, 5.41) is 11.8. The van der Waals surface area contributed by atoms with Gasteiger partial charge in [0, 0.05) is 6.42 Å². The van der Waals surface area contributed by atoms with Crippen LogP contribution in [0.3, 0.4) is 0 Å². The first-order valence-electron chi connectivity index (χ1n) is 7.76. The highest BCUT2D eigenvalue weighted by atomic mass is 16.5. The molecule has 1 atom stereocenters. The Hall–Kier alpha value is -2.24. The van der Waals surface area contributed by atoms with Crippen LogP contribution in [0.15, 0.2) is 18.2 Å². The third-order valence-electron chi connectivity index (χ3n) is 3.99. The van der Waals surface area contributed by atoms with Crippen molar-refractivity contribution < 1.29 is 24.2 Å². The fraction of sp³-hybridized carbons (Fsp3) is 0.529. The molecule has 2 rings (SSSR count). The first kappa shape index (κ1) is 17.1. The predicted molar refractivity (Wildman–Crippen MR) is 84.8 cm³/mol. The molecule has 0 radical (unpaired) electrons. The molecule has 1 amide bonds. The number of carboxylic acids is 1. The normalized spacial score (nSPS) is 14.9. The van der Waals surface area contributed by atoms with E-state index < -0.39 is 12.0 Å². The molecule has 0 saturated heterocycles. The smallest absolute Gasteiger partial charge is 0.326 e. The quantitative estimate of drug-likeness (QED) is 0.727. The number of methoxy groups -OCH3 is 2. The molecule has 126 valence electrons. The van der Waals surface area contributed by atoms with Crippen LogP contribution in [0, 0.1) is 5.92 Å². The highest BCUT2D eigenvalue weighted by Gasteiger charge is 2.30. The molecule has 23 heavy (non-hydrogen) atoms. The molecule has 0 aliphatic heterocycles. The molecule has 0 aromatic heterocycles. The van der Waals surface area contributed by atoms with E-state index in [4.69, 9.17) is 14.6 Å². The fourth-order valence-corrected chi connectivity index (χ4v) is 2.47. The number of aryl methyl sites for hydroxylation is 1. The van der Waals surface area contributed by atoms with Crippen molar-refractivity contribution in [3.05, 3.63) is 23.8 Å². The Morgan fingerprint density at radius 1 is 1.26 bits per heavy atom. The van der Waals surface area contributed by atoms with E-state index in [1.807, 2.05) is 12.1 Å². The minimum atomic E-state index is -0.962. The standard InChI is InChI=1S/C17H23NO5/c1-22-14-7-5-12(10-15(14)23-2)6-8-16(19)18-13(17(20)21)9-11-3-4-11/h5,7,10-11,13H,3-4,6,8-9H2,1-2H3,(H,18,19)(H,20,21). The Kier molecular flexibility index (Phi) is 5.84. The van der Waals surface area contributed by atoms with Gasteiger partial charge in [-0.2, -0.15) is 0 Å². The molecular formula is C17H23NO5. The second-order valence-corrected chi connectivity index (χ2v) is 5.83. The van der Waals surface area contributed by atoms with Gasteiger partial charge in [0.15, 0.2) is 11.5 Å². The van der Waals surface area contributed by atoms with Crippen LogP contribution in [0.2, 0.25) is 0 Å². The average Bonchev–Trinajstić information content (AvgIpc) is 3.35. The van der Waals surface area contributed by atoms with Gasteiger partial charge >= 0.3 is 5.97 Å². The van der Waals surface area contributed by atoms with Gasteiger partial charge in [-0.25, -0.2) is 4.79 Å². The summed E-state index contributed by atoms with van der Waals surface area (Å²) < 4.78 is 10.4. The third-order valence-corrected chi connectivity index (χ3v) is 3.99. The first-order valence-corrected chi connectivity index (χ1v) is 7.76. The molecule has 0 heterocycles. The van der Waals surface area contributed by atoms with Crippen molar-refractivity contribution in [2.24, 2.45) is 5.92 Å². The topological polar surface area (TPSA) is 84.9 Å². The summed E-state index contributed by atoms with van der Waals surface area (Å²) in [5.41, 5.74) is 0.937. The maximum absolute atomic E-state index is 12.0. The zero-order valence-electron chi connectivity index (χ0n) is 13.5. The number of carbonyl (C=O) groups is 2. The monoisotopic (exact) mass is 321 g/mol. The van der Waals surface area contributed by atoms with Gasteiger partial charge in [0.05, 0.1) is 14.2 Å². The average molecular weight is 321 g/mol. The number of nitrogens with one attached hydrogen (secondary N) is 1. The Bertz CT molecular complexity index is 568. The van der Waals surface area contributed by atoms with Crippen molar-refractivity contribution in [1.82, 2.24) is 5.32 Å². The molecule has 1 aliphatic carbocycles. The molecule has 0 bridgehead atoms. The van der Waals surface area contributed by atoms with E-state index >= 15 is 0 Å². The molecule has 2 N–H and O–H groups in total. The molecule has 1 aliphatic rings. The molecule has 1 unspecified atom stereocenters. The summed E-state index contributed by atoms with van der Waals surface area (Å²) in [6.45, 7) is 0. The molecule has 1 fully saturated rings. The maximum atomic E-state index is 12.0. The minimum absolute atomic E-state index is 0.240. The van der Waals surface area contributed by atoms with Gasteiger partial charge in [0.1, 0.15) is 6.04 Å². The number of benzene rings is 1. The lowest BCUT2D eigenvalue weighted by Crippen LogP contribution is -2.41. The summed E-state index contributed by atoms with van der Waals surface area (Å²) in [5.74, 6) is 0.491. The van der Waals surface area contributed by atoms with Crippen LogP contribution in [0.5, 0.6) is 11.5 Å². The molecular weight excluding hydrogens is 298 g/mol. The van der Waals surface area contributed by atoms with Gasteiger partial charge in [-0.3, -0.25) is 4.79 Å². The number of hydrogen-bond donors (Lipinski definition) is 2. The van der Waals surface area contributed by atoms with E-state index in [9.17, 15) is 9.59 Å². The Morgan fingerprint density at radius 3 is 2.52 bits per heavy atom. The van der Waals surface area contributed by atoms with Crippen molar-refractivity contribution in [2.75, 3.05) is 14.2 Å². The third kappa shape index (κ3) is 5.16. The largest absolute Gasteiger partial charge is 0.493 e. The highest BCUT2D eigenvalue weighted by Crippen LogP contribution is 2.33. The van der Waals surface area contributed by atoms with E-state index in [0.29, 0.717) is 30.3 Å². The van der Waals surface area contributed by atoms with Crippen molar-refractivity contribution in [3.8, 4) is 11.5 Å². The van der Waals surface area contributed by atoms with Crippen LogP contribution >= 0.6 is 0 Å². The zero-order chi connectivity index (χ0) is 16.8. The zero-order valence-corrected chi connectivity index (χ0v) is 13.5. The lowest BCUT2D eigenvalue weighted by molar-refractivity contribution is -0.142. The molecule has 0 spiro atoms. The number of hydrogen-bond acceptors (Lipinski definition) is 4. The van der Waals surface area contributed by atoms with E-state index in [0.717, 1.165) is 18.4 Å². The van der Waals surface area contributed by atoms with Gasteiger partial charge in [0.25, 0.3) is 0 Å². The summed E-state index contributed by atoms with van der Waals surface area (Å²) >= 11 is 0. The summed E-state index contributed by atoms with van der Waals surface area (Å²) in [4.78, 5) is 23.2. The Balaban J connectivity index is 1.86. The Labute approximate surface area is 135 Å². The fourth-order valence-electron chi connectivity index (χ4n) is 2.47. The molecule has 1 saturated carbocycles. The van der Waals surface area contributed by atoms with E-state index in [-0.39, 0.29) is 12.3 Å². The van der Waals surface area contributed by atoms with Crippen LogP contribution in [0.25, 0.3) is 0 Å². The van der Waals surface area contributed by atoms with Crippen LogP contribution in [-0.4, -0.2) is 37.2 Å². The van der Waals surface area contributed by atoms with Gasteiger partial charge in [-0.05, 0) is 36.5 Å². The minimum Gasteiger partial charge on any atom is -0.493 e. The second kappa shape index (κ2) is 7.85. The molecule has 6 heteroatoms. The summed E-state index contributed by atoms with van der Waals surface area (Å²) in [7, 11) is 3.13. The second-order valence-electron chi connectivity index (χ2n) is 5.83. The summed E-state index contributed by atoms with van der Waals surface area (Å²) in [6, 6.07) is 4.71. The number of ether oxygens (including phenoxy) is 2. The molecule has 6 nitrogen and oxygen atoms in total. The number of rotatable bonds is 9. The number of carbonyl (C=O) groups excluding carboxylic acids is 1. The SMILES string of the molecule is COc1ccc(CCC(=O)NC(CC2CC2)C(=O)O)cc1OC. The van der Waals surface area contributed by atoms with Gasteiger partial charge < -0.3 is 19.9 Å². The molecule has 1 aromatic rings. The van der Waals surface area contributed by atoms with E-state index in [2.05, 4.69) is 5.32 Å². The van der Waals surface area contributed by atoms with E-state index in [1.54, 1.807) is 20.3 Å². The summed E-state index contributed by atoms with van der Waals surface area (Å²) in [6.07, 6.45) is 3.40. The predicted octanol–water partition coefficient (Wildman–Crippen LogP) is 2.01. The van der Waals surface area contributed by atoms with Crippen molar-refractivity contribution >= 4 is 11.9 Å². The van der Waals surface area contributed by atoms with E-state index in [1.165, 1.54) is 0 Å².